The molecular formula is C20H27ClN2O. The molecule has 3 atom stereocenters. The number of nitrogens with two attached hydrogens (primary N) is 1. The third-order valence-electron chi connectivity index (χ3n) is 6.69. The van der Waals surface area contributed by atoms with Gasteiger partial charge in [0.05, 0.1) is 5.41 Å². The van der Waals surface area contributed by atoms with Crippen LogP contribution in [0.3, 0.4) is 0 Å². The van der Waals surface area contributed by atoms with E-state index in [9.17, 15) is 4.79 Å². The highest BCUT2D eigenvalue weighted by Crippen LogP contribution is 2.44. The van der Waals surface area contributed by atoms with Crippen molar-refractivity contribution >= 4 is 17.5 Å². The van der Waals surface area contributed by atoms with Crippen molar-refractivity contribution in [3.63, 3.8) is 0 Å². The molecule has 4 heteroatoms. The monoisotopic (exact) mass is 346 g/mol. The maximum absolute atomic E-state index is 13.6. The van der Waals surface area contributed by atoms with Crippen LogP contribution < -0.4 is 5.73 Å². The van der Waals surface area contributed by atoms with Crippen molar-refractivity contribution in [2.45, 2.75) is 56.4 Å². The van der Waals surface area contributed by atoms with Crippen LogP contribution in [0.1, 0.15) is 50.5 Å². The van der Waals surface area contributed by atoms with Gasteiger partial charge in [-0.15, -0.1) is 0 Å². The van der Waals surface area contributed by atoms with Gasteiger partial charge in [0.15, 0.2) is 0 Å². The fraction of sp³-hybridized carbons (Fsp3) is 0.650. The number of rotatable bonds is 2. The zero-order chi connectivity index (χ0) is 16.7. The van der Waals surface area contributed by atoms with Crippen molar-refractivity contribution in [2.24, 2.45) is 17.6 Å². The van der Waals surface area contributed by atoms with Gasteiger partial charge in [-0.3, -0.25) is 4.79 Å². The Balaban J connectivity index is 1.63. The normalized spacial score (nSPS) is 31.9. The quantitative estimate of drug-likeness (QED) is 0.886. The lowest BCUT2D eigenvalue weighted by atomic mass is 9.68. The molecule has 4 rings (SSSR count). The molecule has 3 nitrogen and oxygen atoms in total. The molecule has 0 spiro atoms. The predicted octanol–water partition coefficient (Wildman–Crippen LogP) is 3.74. The van der Waals surface area contributed by atoms with Gasteiger partial charge >= 0.3 is 0 Å². The molecule has 1 heterocycles. The first-order chi connectivity index (χ1) is 11.6. The molecule has 0 aromatic heterocycles. The first kappa shape index (κ1) is 16.4. The minimum Gasteiger partial charge on any atom is -0.341 e. The first-order valence-corrected chi connectivity index (χ1v) is 9.79. The van der Waals surface area contributed by atoms with Crippen LogP contribution in [0.5, 0.6) is 0 Å². The Kier molecular flexibility index (Phi) is 4.34. The molecular weight excluding hydrogens is 320 g/mol. The van der Waals surface area contributed by atoms with Gasteiger partial charge in [0.2, 0.25) is 5.91 Å². The van der Waals surface area contributed by atoms with Gasteiger partial charge in [-0.05, 0) is 55.2 Å². The molecule has 3 fully saturated rings. The van der Waals surface area contributed by atoms with Gasteiger partial charge in [0.25, 0.3) is 0 Å². The van der Waals surface area contributed by atoms with E-state index in [1.54, 1.807) is 0 Å². The second-order valence-corrected chi connectivity index (χ2v) is 8.46. The minimum absolute atomic E-state index is 0.279. The number of likely N-dealkylation sites (tertiary alicyclic amines) is 1. The molecule has 2 saturated carbocycles. The number of carbonyl (C=O) groups is 1. The van der Waals surface area contributed by atoms with E-state index in [4.69, 9.17) is 17.3 Å². The maximum Gasteiger partial charge on any atom is 0.233 e. The van der Waals surface area contributed by atoms with Crippen LogP contribution in [-0.2, 0) is 10.2 Å². The summed E-state index contributed by atoms with van der Waals surface area (Å²) >= 11 is 6.25. The molecule has 2 aliphatic carbocycles. The van der Waals surface area contributed by atoms with Gasteiger partial charge in [-0.25, -0.2) is 0 Å². The summed E-state index contributed by atoms with van der Waals surface area (Å²) in [5.41, 5.74) is 7.01. The summed E-state index contributed by atoms with van der Waals surface area (Å²) < 4.78 is 0. The highest BCUT2D eigenvalue weighted by molar-refractivity contribution is 6.30. The Labute approximate surface area is 149 Å². The molecule has 1 aromatic rings. The van der Waals surface area contributed by atoms with E-state index in [2.05, 4.69) is 11.0 Å². The molecule has 2 N–H and O–H groups in total. The standard InChI is InChI=1S/C20H27ClN2O/c21-16-6-4-5-15(11-16)20(9-2-1-3-10-20)19(24)23-12-14-7-8-18(22)17(14)13-23/h4-6,11,14,17-18H,1-3,7-10,12-13,22H2. The van der Waals surface area contributed by atoms with Crippen molar-refractivity contribution in [3.8, 4) is 0 Å². The van der Waals surface area contributed by atoms with E-state index >= 15 is 0 Å². The van der Waals surface area contributed by atoms with Crippen molar-refractivity contribution in [3.05, 3.63) is 34.9 Å². The lowest BCUT2D eigenvalue weighted by molar-refractivity contribution is -0.138. The lowest BCUT2D eigenvalue weighted by Gasteiger charge is -2.39. The largest absolute Gasteiger partial charge is 0.341 e. The van der Waals surface area contributed by atoms with E-state index in [0.717, 1.165) is 55.8 Å². The van der Waals surface area contributed by atoms with Crippen LogP contribution in [0.25, 0.3) is 0 Å². The molecule has 3 unspecified atom stereocenters. The van der Waals surface area contributed by atoms with E-state index < -0.39 is 0 Å². The van der Waals surface area contributed by atoms with Crippen LogP contribution in [0, 0.1) is 11.8 Å². The molecule has 1 amide bonds. The second-order valence-electron chi connectivity index (χ2n) is 8.03. The fourth-order valence-corrected chi connectivity index (χ4v) is 5.53. The predicted molar refractivity (Wildman–Crippen MR) is 97.0 cm³/mol. The Morgan fingerprint density at radius 3 is 2.67 bits per heavy atom. The van der Waals surface area contributed by atoms with Crippen molar-refractivity contribution in [2.75, 3.05) is 13.1 Å². The smallest absolute Gasteiger partial charge is 0.233 e. The highest BCUT2D eigenvalue weighted by atomic mass is 35.5. The zero-order valence-electron chi connectivity index (χ0n) is 14.2. The average molecular weight is 347 g/mol. The minimum atomic E-state index is -0.369. The summed E-state index contributed by atoms with van der Waals surface area (Å²) in [4.78, 5) is 15.7. The Morgan fingerprint density at radius 1 is 1.17 bits per heavy atom. The van der Waals surface area contributed by atoms with Crippen LogP contribution in [0.15, 0.2) is 24.3 Å². The second kappa shape index (κ2) is 6.34. The van der Waals surface area contributed by atoms with Gasteiger partial charge < -0.3 is 10.6 Å². The lowest BCUT2D eigenvalue weighted by Crippen LogP contribution is -2.48. The molecule has 1 aliphatic heterocycles. The molecule has 0 bridgehead atoms. The Bertz CT molecular complexity index is 626. The molecule has 1 saturated heterocycles. The Morgan fingerprint density at radius 2 is 1.96 bits per heavy atom. The van der Waals surface area contributed by atoms with Crippen LogP contribution in [-0.4, -0.2) is 29.9 Å². The topological polar surface area (TPSA) is 46.3 Å². The van der Waals surface area contributed by atoms with Crippen molar-refractivity contribution in [1.82, 2.24) is 4.90 Å². The van der Waals surface area contributed by atoms with E-state index in [-0.39, 0.29) is 11.5 Å². The molecule has 24 heavy (non-hydrogen) atoms. The average Bonchev–Trinajstić information content (AvgIpc) is 3.17. The SMILES string of the molecule is NC1CCC2CN(C(=O)C3(c4cccc(Cl)c4)CCCCC3)CC12. The number of benzene rings is 1. The van der Waals surface area contributed by atoms with Gasteiger partial charge in [-0.1, -0.05) is 43.0 Å². The highest BCUT2D eigenvalue weighted by Gasteiger charge is 2.49. The summed E-state index contributed by atoms with van der Waals surface area (Å²) in [6.45, 7) is 1.76. The summed E-state index contributed by atoms with van der Waals surface area (Å²) in [7, 11) is 0. The maximum atomic E-state index is 13.6. The summed E-state index contributed by atoms with van der Waals surface area (Å²) in [6.07, 6.45) is 7.67. The van der Waals surface area contributed by atoms with Gasteiger partial charge in [0.1, 0.15) is 0 Å². The molecule has 130 valence electrons. The Hall–Kier alpha value is -1.06. The summed E-state index contributed by atoms with van der Waals surface area (Å²) in [5, 5.41) is 0.727. The third kappa shape index (κ3) is 2.66. The fourth-order valence-electron chi connectivity index (χ4n) is 5.34. The van der Waals surface area contributed by atoms with Gasteiger partial charge in [-0.2, -0.15) is 0 Å². The summed E-state index contributed by atoms with van der Waals surface area (Å²) in [5.74, 6) is 1.45. The number of nitrogens with zero attached hydrogens (tertiary/aromatic N) is 1. The van der Waals surface area contributed by atoms with Crippen molar-refractivity contribution in [1.29, 1.82) is 0 Å². The number of halogens is 1. The summed E-state index contributed by atoms with van der Waals surface area (Å²) in [6, 6.07) is 8.26. The third-order valence-corrected chi connectivity index (χ3v) is 6.93. The number of fused-ring (bicyclic) bond motifs is 1. The van der Waals surface area contributed by atoms with Crippen molar-refractivity contribution < 1.29 is 4.79 Å². The van der Waals surface area contributed by atoms with E-state index in [1.807, 2.05) is 18.2 Å². The van der Waals surface area contributed by atoms with Crippen LogP contribution >= 0.6 is 11.6 Å². The first-order valence-electron chi connectivity index (χ1n) is 9.41. The number of hydrogen-bond donors (Lipinski definition) is 1. The molecule has 0 radical (unpaired) electrons. The number of carbonyl (C=O) groups excluding carboxylic acids is 1. The molecule has 1 aromatic carbocycles. The van der Waals surface area contributed by atoms with E-state index in [0.29, 0.717) is 17.7 Å². The van der Waals surface area contributed by atoms with E-state index in [1.165, 1.54) is 12.8 Å². The molecule has 3 aliphatic rings. The number of amides is 1. The van der Waals surface area contributed by atoms with Crippen LogP contribution in [0.2, 0.25) is 5.02 Å². The zero-order valence-corrected chi connectivity index (χ0v) is 15.0. The van der Waals surface area contributed by atoms with Gasteiger partial charge in [0, 0.05) is 24.2 Å². The number of hydrogen-bond acceptors (Lipinski definition) is 2. The van der Waals surface area contributed by atoms with Crippen LogP contribution in [0.4, 0.5) is 0 Å².